The zero-order valence-corrected chi connectivity index (χ0v) is 11.0. The maximum atomic E-state index is 8.99. The minimum absolute atomic E-state index is 0.0403. The highest BCUT2D eigenvalue weighted by molar-refractivity contribution is 7.99. The van der Waals surface area contributed by atoms with Crippen LogP contribution in [0.25, 0.3) is 0 Å². The summed E-state index contributed by atoms with van der Waals surface area (Å²) in [4.78, 5) is 1.21. The third-order valence-electron chi connectivity index (χ3n) is 2.34. The number of hydrogen-bond acceptors (Lipinski definition) is 3. The van der Waals surface area contributed by atoms with Crippen molar-refractivity contribution in [1.82, 2.24) is 0 Å². The van der Waals surface area contributed by atoms with Crippen molar-refractivity contribution in [1.29, 1.82) is 0 Å². The van der Waals surface area contributed by atoms with Gasteiger partial charge in [-0.1, -0.05) is 11.6 Å². The second-order valence-corrected chi connectivity index (χ2v) is 5.82. The third kappa shape index (κ3) is 5.21. The average Bonchev–Trinajstić information content (AvgIpc) is 2.27. The first-order chi connectivity index (χ1) is 7.53. The van der Waals surface area contributed by atoms with Crippen LogP contribution in [-0.2, 0) is 0 Å². The smallest absolute Gasteiger partial charge is 0.0608 e. The van der Waals surface area contributed by atoms with Crippen molar-refractivity contribution in [2.24, 2.45) is 5.73 Å². The second kappa shape index (κ2) is 6.50. The van der Waals surface area contributed by atoms with Gasteiger partial charge in [0.05, 0.1) is 6.61 Å². The van der Waals surface area contributed by atoms with Gasteiger partial charge in [-0.3, -0.25) is 0 Å². The SMILES string of the molecule is CC(N)(CO)CCCSc1ccc(Cl)cc1. The normalized spacial score (nSPS) is 14.8. The monoisotopic (exact) mass is 259 g/mol. The fraction of sp³-hybridized carbons (Fsp3) is 0.500. The van der Waals surface area contributed by atoms with Gasteiger partial charge >= 0.3 is 0 Å². The van der Waals surface area contributed by atoms with Crippen LogP contribution in [0.5, 0.6) is 0 Å². The quantitative estimate of drug-likeness (QED) is 0.610. The lowest BCUT2D eigenvalue weighted by Gasteiger charge is -2.21. The van der Waals surface area contributed by atoms with Crippen molar-refractivity contribution in [3.63, 3.8) is 0 Å². The van der Waals surface area contributed by atoms with Gasteiger partial charge in [-0.25, -0.2) is 0 Å². The first-order valence-electron chi connectivity index (χ1n) is 5.32. The van der Waals surface area contributed by atoms with E-state index >= 15 is 0 Å². The number of nitrogens with two attached hydrogens (primary N) is 1. The maximum Gasteiger partial charge on any atom is 0.0608 e. The van der Waals surface area contributed by atoms with Crippen LogP contribution in [0.2, 0.25) is 5.02 Å². The van der Waals surface area contributed by atoms with Crippen LogP contribution in [0, 0.1) is 0 Å². The molecule has 1 atom stereocenters. The highest BCUT2D eigenvalue weighted by atomic mass is 35.5. The van der Waals surface area contributed by atoms with E-state index in [2.05, 4.69) is 0 Å². The standard InChI is InChI=1S/C12H18ClNOS/c1-12(14,9-15)7-2-8-16-11-5-3-10(13)4-6-11/h3-6,15H,2,7-9,14H2,1H3. The van der Waals surface area contributed by atoms with E-state index in [1.54, 1.807) is 11.8 Å². The lowest BCUT2D eigenvalue weighted by molar-refractivity contribution is 0.200. The highest BCUT2D eigenvalue weighted by Gasteiger charge is 2.15. The largest absolute Gasteiger partial charge is 0.394 e. The van der Waals surface area contributed by atoms with E-state index in [0.29, 0.717) is 0 Å². The molecule has 4 heteroatoms. The summed E-state index contributed by atoms with van der Waals surface area (Å²) in [7, 11) is 0. The van der Waals surface area contributed by atoms with Crippen molar-refractivity contribution in [2.45, 2.75) is 30.2 Å². The van der Waals surface area contributed by atoms with Gasteiger partial charge in [-0.05, 0) is 49.8 Å². The second-order valence-electron chi connectivity index (χ2n) is 4.22. The Morgan fingerprint density at radius 2 is 2.00 bits per heavy atom. The van der Waals surface area contributed by atoms with Gasteiger partial charge in [-0.15, -0.1) is 11.8 Å². The van der Waals surface area contributed by atoms with Crippen molar-refractivity contribution in [2.75, 3.05) is 12.4 Å². The van der Waals surface area contributed by atoms with E-state index in [-0.39, 0.29) is 6.61 Å². The minimum Gasteiger partial charge on any atom is -0.394 e. The third-order valence-corrected chi connectivity index (χ3v) is 3.69. The molecule has 1 aromatic carbocycles. The summed E-state index contributed by atoms with van der Waals surface area (Å²) in [5.74, 6) is 1.01. The zero-order chi connectivity index (χ0) is 12.0. The number of aliphatic hydroxyl groups excluding tert-OH is 1. The molecule has 0 saturated carbocycles. The molecule has 1 unspecified atom stereocenters. The van der Waals surface area contributed by atoms with E-state index < -0.39 is 5.54 Å². The molecule has 0 amide bonds. The van der Waals surface area contributed by atoms with Gasteiger partial charge in [0.2, 0.25) is 0 Å². The first kappa shape index (κ1) is 13.8. The van der Waals surface area contributed by atoms with Gasteiger partial charge in [0.1, 0.15) is 0 Å². The minimum atomic E-state index is -0.444. The molecule has 0 aliphatic carbocycles. The van der Waals surface area contributed by atoms with Crippen molar-refractivity contribution in [3.8, 4) is 0 Å². The van der Waals surface area contributed by atoms with E-state index in [1.165, 1.54) is 4.90 Å². The van der Waals surface area contributed by atoms with Gasteiger partial charge < -0.3 is 10.8 Å². The van der Waals surface area contributed by atoms with Crippen molar-refractivity contribution in [3.05, 3.63) is 29.3 Å². The van der Waals surface area contributed by atoms with Gasteiger partial charge in [0.15, 0.2) is 0 Å². The summed E-state index contributed by atoms with van der Waals surface area (Å²) < 4.78 is 0. The van der Waals surface area contributed by atoms with E-state index in [0.717, 1.165) is 23.6 Å². The highest BCUT2D eigenvalue weighted by Crippen LogP contribution is 2.22. The Balaban J connectivity index is 2.23. The van der Waals surface area contributed by atoms with Crippen LogP contribution in [0.4, 0.5) is 0 Å². The molecule has 0 spiro atoms. The predicted molar refractivity (Wildman–Crippen MR) is 71.1 cm³/mol. The molecule has 90 valence electrons. The molecule has 16 heavy (non-hydrogen) atoms. The summed E-state index contributed by atoms with van der Waals surface area (Å²) in [5, 5.41) is 9.76. The topological polar surface area (TPSA) is 46.2 Å². The number of hydrogen-bond donors (Lipinski definition) is 2. The molecule has 0 heterocycles. The fourth-order valence-electron chi connectivity index (χ4n) is 1.28. The molecule has 0 bridgehead atoms. The summed E-state index contributed by atoms with van der Waals surface area (Å²) in [6.45, 7) is 1.92. The van der Waals surface area contributed by atoms with Crippen LogP contribution in [0.15, 0.2) is 29.2 Å². The van der Waals surface area contributed by atoms with E-state index in [9.17, 15) is 0 Å². The fourth-order valence-corrected chi connectivity index (χ4v) is 2.25. The summed E-state index contributed by atoms with van der Waals surface area (Å²) in [6, 6.07) is 7.82. The van der Waals surface area contributed by atoms with Crippen LogP contribution >= 0.6 is 23.4 Å². The number of aliphatic hydroxyl groups is 1. The number of rotatable bonds is 6. The molecule has 0 aromatic heterocycles. The Hall–Kier alpha value is -0.220. The molecular formula is C12H18ClNOS. The summed E-state index contributed by atoms with van der Waals surface area (Å²) in [5.41, 5.74) is 5.39. The molecule has 0 radical (unpaired) electrons. The van der Waals surface area contributed by atoms with Gasteiger partial charge in [-0.2, -0.15) is 0 Å². The number of thioether (sulfide) groups is 1. The summed E-state index contributed by atoms with van der Waals surface area (Å²) in [6.07, 6.45) is 1.84. The Morgan fingerprint density at radius 3 is 2.56 bits per heavy atom. The molecule has 0 aliphatic heterocycles. The van der Waals surface area contributed by atoms with Gasteiger partial charge in [0, 0.05) is 15.5 Å². The lowest BCUT2D eigenvalue weighted by atomic mass is 9.99. The molecule has 1 aromatic rings. The van der Waals surface area contributed by atoms with Crippen molar-refractivity contribution >= 4 is 23.4 Å². The molecule has 3 N–H and O–H groups in total. The van der Waals surface area contributed by atoms with Crippen molar-refractivity contribution < 1.29 is 5.11 Å². The molecule has 1 rings (SSSR count). The number of halogens is 1. The van der Waals surface area contributed by atoms with Crippen LogP contribution in [-0.4, -0.2) is 23.0 Å². The molecule has 2 nitrogen and oxygen atoms in total. The van der Waals surface area contributed by atoms with Crippen LogP contribution in [0.3, 0.4) is 0 Å². The zero-order valence-electron chi connectivity index (χ0n) is 9.45. The summed E-state index contributed by atoms with van der Waals surface area (Å²) >= 11 is 7.58. The Labute approximate surface area is 106 Å². The molecule has 0 saturated heterocycles. The van der Waals surface area contributed by atoms with Crippen LogP contribution in [0.1, 0.15) is 19.8 Å². The molecular weight excluding hydrogens is 242 g/mol. The van der Waals surface area contributed by atoms with E-state index in [4.69, 9.17) is 22.4 Å². The number of benzene rings is 1. The Bertz CT molecular complexity index is 313. The van der Waals surface area contributed by atoms with Gasteiger partial charge in [0.25, 0.3) is 0 Å². The molecule has 0 aliphatic rings. The Kier molecular flexibility index (Phi) is 5.62. The van der Waals surface area contributed by atoms with E-state index in [1.807, 2.05) is 31.2 Å². The predicted octanol–water partition coefficient (Wildman–Crippen LogP) is 2.92. The van der Waals surface area contributed by atoms with Crippen LogP contribution < -0.4 is 5.73 Å². The maximum absolute atomic E-state index is 8.99. The lowest BCUT2D eigenvalue weighted by Crippen LogP contribution is -2.40. The average molecular weight is 260 g/mol. The first-order valence-corrected chi connectivity index (χ1v) is 6.68. The Morgan fingerprint density at radius 1 is 1.38 bits per heavy atom. The molecule has 0 fully saturated rings.